The number of ether oxygens (including phenoxy) is 3. The minimum Gasteiger partial charge on any atom is -0.497 e. The van der Waals surface area contributed by atoms with Gasteiger partial charge in [0, 0.05) is 12.5 Å². The van der Waals surface area contributed by atoms with Crippen LogP contribution in [0, 0.1) is 0 Å². The van der Waals surface area contributed by atoms with Crippen LogP contribution in [0.25, 0.3) is 5.57 Å². The topological polar surface area (TPSA) is 61.8 Å². The van der Waals surface area contributed by atoms with Crippen LogP contribution in [-0.4, -0.2) is 44.1 Å². The van der Waals surface area contributed by atoms with Gasteiger partial charge in [0.15, 0.2) is 0 Å². The highest BCUT2D eigenvalue weighted by Crippen LogP contribution is 2.34. The van der Waals surface area contributed by atoms with Crippen LogP contribution >= 0.6 is 0 Å². The quantitative estimate of drug-likeness (QED) is 0.472. The van der Waals surface area contributed by atoms with Gasteiger partial charge in [-0.3, -0.25) is 0 Å². The summed E-state index contributed by atoms with van der Waals surface area (Å²) in [5.74, 6) is -11.6. The lowest BCUT2D eigenvalue weighted by atomic mass is 9.97. The Morgan fingerprint density at radius 1 is 0.963 bits per heavy atom. The first-order valence-electron chi connectivity index (χ1n) is 8.03. The molecule has 0 fully saturated rings. The molecule has 0 amide bonds. The third-order valence-corrected chi connectivity index (χ3v) is 3.35. The van der Waals surface area contributed by atoms with E-state index in [1.165, 1.54) is 45.2 Å². The second-order valence-corrected chi connectivity index (χ2v) is 5.34. The molecule has 150 valence electrons. The van der Waals surface area contributed by atoms with Crippen molar-refractivity contribution < 1.29 is 41.4 Å². The minimum absolute atomic E-state index is 0.0382. The maximum absolute atomic E-state index is 14.1. The van der Waals surface area contributed by atoms with Crippen molar-refractivity contribution in [3.8, 4) is 5.75 Å². The van der Waals surface area contributed by atoms with E-state index in [1.807, 2.05) is 0 Å². The molecule has 0 atom stereocenters. The van der Waals surface area contributed by atoms with Crippen molar-refractivity contribution in [2.45, 2.75) is 32.1 Å². The third kappa shape index (κ3) is 6.26. The molecule has 27 heavy (non-hydrogen) atoms. The van der Waals surface area contributed by atoms with Crippen molar-refractivity contribution in [1.82, 2.24) is 0 Å². The van der Waals surface area contributed by atoms with Crippen molar-refractivity contribution in [2.75, 3.05) is 20.3 Å². The predicted molar refractivity (Wildman–Crippen MR) is 88.7 cm³/mol. The molecule has 0 saturated heterocycles. The predicted octanol–water partition coefficient (Wildman–Crippen LogP) is 3.87. The molecule has 0 unspecified atom stereocenters. The third-order valence-electron chi connectivity index (χ3n) is 3.35. The van der Waals surface area contributed by atoms with E-state index in [4.69, 9.17) is 4.74 Å². The molecule has 0 aliphatic heterocycles. The number of hydrogen-bond acceptors (Lipinski definition) is 5. The number of esters is 2. The smallest absolute Gasteiger partial charge is 0.381 e. The molecule has 0 bridgehead atoms. The molecule has 0 aliphatic rings. The summed E-state index contributed by atoms with van der Waals surface area (Å²) in [5.41, 5.74) is -0.655. The van der Waals surface area contributed by atoms with E-state index in [9.17, 15) is 27.2 Å². The number of halogens is 4. The molecule has 0 N–H and O–H groups in total. The zero-order valence-corrected chi connectivity index (χ0v) is 15.1. The Labute approximate surface area is 153 Å². The number of benzene rings is 1. The summed E-state index contributed by atoms with van der Waals surface area (Å²) < 4.78 is 69.8. The van der Waals surface area contributed by atoms with Gasteiger partial charge in [-0.2, -0.15) is 17.6 Å². The molecule has 0 heterocycles. The Morgan fingerprint density at radius 2 is 1.48 bits per heavy atom. The van der Waals surface area contributed by atoms with Crippen LogP contribution in [-0.2, 0) is 19.1 Å². The van der Waals surface area contributed by atoms with Gasteiger partial charge in [0.1, 0.15) is 5.75 Å². The first-order valence-corrected chi connectivity index (χ1v) is 8.03. The van der Waals surface area contributed by atoms with Gasteiger partial charge in [0.05, 0.1) is 20.3 Å². The van der Waals surface area contributed by atoms with E-state index in [-0.39, 0.29) is 24.9 Å². The summed E-state index contributed by atoms with van der Waals surface area (Å²) in [4.78, 5) is 22.9. The maximum atomic E-state index is 14.1. The Morgan fingerprint density at radius 3 is 1.96 bits per heavy atom. The Bertz CT molecular complexity index is 683. The van der Waals surface area contributed by atoms with Gasteiger partial charge in [-0.15, -0.1) is 0 Å². The first kappa shape index (κ1) is 22.5. The SMILES string of the molecule is CCOC(=O)C(F)(F)/C=C(/CC(F)(F)C(=O)OCC)c1ccc(OC)cc1. The highest BCUT2D eigenvalue weighted by atomic mass is 19.3. The first-order chi connectivity index (χ1) is 12.6. The van der Waals surface area contributed by atoms with Gasteiger partial charge in [0.2, 0.25) is 0 Å². The van der Waals surface area contributed by atoms with Crippen molar-refractivity contribution in [2.24, 2.45) is 0 Å². The highest BCUT2D eigenvalue weighted by Gasteiger charge is 2.44. The summed E-state index contributed by atoms with van der Waals surface area (Å²) in [7, 11) is 1.37. The van der Waals surface area contributed by atoms with E-state index in [0.29, 0.717) is 5.75 Å². The van der Waals surface area contributed by atoms with Gasteiger partial charge >= 0.3 is 23.8 Å². The lowest BCUT2D eigenvalue weighted by molar-refractivity contribution is -0.170. The molecule has 1 aromatic rings. The molecule has 0 radical (unpaired) electrons. The Kier molecular flexibility index (Phi) is 7.81. The van der Waals surface area contributed by atoms with Crippen molar-refractivity contribution in [1.29, 1.82) is 0 Å². The highest BCUT2D eigenvalue weighted by molar-refractivity contribution is 5.85. The van der Waals surface area contributed by atoms with Crippen LogP contribution in [0.4, 0.5) is 17.6 Å². The van der Waals surface area contributed by atoms with Gasteiger partial charge < -0.3 is 14.2 Å². The van der Waals surface area contributed by atoms with Crippen LogP contribution in [0.15, 0.2) is 30.3 Å². The molecule has 0 spiro atoms. The van der Waals surface area contributed by atoms with Crippen molar-refractivity contribution in [3.63, 3.8) is 0 Å². The summed E-state index contributed by atoms with van der Waals surface area (Å²) in [6.45, 7) is 2.06. The van der Waals surface area contributed by atoms with Crippen LogP contribution in [0.3, 0.4) is 0 Å². The van der Waals surface area contributed by atoms with E-state index in [0.717, 1.165) is 0 Å². The van der Waals surface area contributed by atoms with Crippen LogP contribution in [0.1, 0.15) is 25.8 Å². The van der Waals surface area contributed by atoms with Crippen LogP contribution < -0.4 is 4.74 Å². The number of rotatable bonds is 9. The molecular weight excluding hydrogens is 372 g/mol. The van der Waals surface area contributed by atoms with Gasteiger partial charge in [0.25, 0.3) is 0 Å². The van der Waals surface area contributed by atoms with Crippen LogP contribution in [0.2, 0.25) is 0 Å². The number of carbonyl (C=O) groups is 2. The second-order valence-electron chi connectivity index (χ2n) is 5.34. The average Bonchev–Trinajstić information content (AvgIpc) is 2.61. The fourth-order valence-electron chi connectivity index (χ4n) is 2.09. The summed E-state index contributed by atoms with van der Waals surface area (Å²) in [5, 5.41) is 0. The van der Waals surface area contributed by atoms with E-state index in [1.54, 1.807) is 0 Å². The van der Waals surface area contributed by atoms with Crippen LogP contribution in [0.5, 0.6) is 5.75 Å². The minimum atomic E-state index is -4.16. The number of methoxy groups -OCH3 is 1. The molecule has 1 aromatic carbocycles. The normalized spacial score (nSPS) is 12.5. The molecular formula is C18H20F4O5. The van der Waals surface area contributed by atoms with Gasteiger partial charge in [-0.25, -0.2) is 9.59 Å². The maximum Gasteiger partial charge on any atom is 0.381 e. The lowest BCUT2D eigenvalue weighted by Crippen LogP contribution is -2.33. The lowest BCUT2D eigenvalue weighted by Gasteiger charge is -2.19. The van der Waals surface area contributed by atoms with Gasteiger partial charge in [-0.05, 0) is 37.1 Å². The molecule has 1 rings (SSSR count). The van der Waals surface area contributed by atoms with Crippen molar-refractivity contribution >= 4 is 17.5 Å². The summed E-state index contributed by atoms with van der Waals surface area (Å²) in [6, 6.07) is 5.25. The number of carbonyl (C=O) groups excluding carboxylic acids is 2. The number of hydrogen-bond donors (Lipinski definition) is 0. The fourth-order valence-corrected chi connectivity index (χ4v) is 2.09. The zero-order valence-electron chi connectivity index (χ0n) is 15.1. The summed E-state index contributed by atoms with van der Waals surface area (Å²) in [6.07, 6.45) is -1.31. The Hall–Kier alpha value is -2.58. The summed E-state index contributed by atoms with van der Waals surface area (Å²) >= 11 is 0. The fraction of sp³-hybridized carbons (Fsp3) is 0.444. The Balaban J connectivity index is 3.32. The average molecular weight is 392 g/mol. The second kappa shape index (κ2) is 9.38. The molecule has 0 saturated carbocycles. The molecule has 5 nitrogen and oxygen atoms in total. The van der Waals surface area contributed by atoms with E-state index >= 15 is 0 Å². The standard InChI is InChI=1S/C18H20F4O5/c1-4-26-15(23)17(19,20)10-13(11-18(21,22)16(24)27-5-2)12-6-8-14(25-3)9-7-12/h6-10H,4-5,11H2,1-3H3/b13-10-. The largest absolute Gasteiger partial charge is 0.497 e. The molecule has 0 aliphatic carbocycles. The monoisotopic (exact) mass is 392 g/mol. The van der Waals surface area contributed by atoms with E-state index in [2.05, 4.69) is 9.47 Å². The number of allylic oxidation sites excluding steroid dienone is 1. The molecule has 9 heteroatoms. The van der Waals surface area contributed by atoms with Gasteiger partial charge in [-0.1, -0.05) is 12.1 Å². The molecule has 0 aromatic heterocycles. The van der Waals surface area contributed by atoms with E-state index < -0.39 is 35.8 Å². The number of alkyl halides is 4. The van der Waals surface area contributed by atoms with Crippen molar-refractivity contribution in [3.05, 3.63) is 35.9 Å². The zero-order chi connectivity index (χ0) is 20.7.